The Balaban J connectivity index is 1.42. The second-order valence-corrected chi connectivity index (χ2v) is 6.40. The number of benzene rings is 1. The van der Waals surface area contributed by atoms with Gasteiger partial charge in [0.15, 0.2) is 0 Å². The largest absolute Gasteiger partial charge is 0.350 e. The maximum Gasteiger partial charge on any atom is 0.269 e. The third-order valence-corrected chi connectivity index (χ3v) is 4.72. The molecular weight excluding hydrogens is 312 g/mol. The molecular formula is C17H21ClN4O. The van der Waals surface area contributed by atoms with Crippen LogP contribution in [0.25, 0.3) is 0 Å². The summed E-state index contributed by atoms with van der Waals surface area (Å²) in [5.74, 6) is 0.449. The van der Waals surface area contributed by atoms with Gasteiger partial charge in [-0.1, -0.05) is 29.8 Å². The predicted octanol–water partition coefficient (Wildman–Crippen LogP) is 2.71. The van der Waals surface area contributed by atoms with Gasteiger partial charge in [-0.3, -0.25) is 14.8 Å². The minimum absolute atomic E-state index is 0.0824. The Morgan fingerprint density at radius 1 is 1.30 bits per heavy atom. The molecule has 0 saturated carbocycles. The molecule has 0 unspecified atom stereocenters. The molecule has 0 spiro atoms. The van der Waals surface area contributed by atoms with Gasteiger partial charge < -0.3 is 5.32 Å². The fourth-order valence-corrected chi connectivity index (χ4v) is 3.13. The Morgan fingerprint density at radius 2 is 2.09 bits per heavy atom. The van der Waals surface area contributed by atoms with Gasteiger partial charge in [-0.15, -0.1) is 0 Å². The van der Waals surface area contributed by atoms with E-state index in [1.807, 2.05) is 18.2 Å². The second-order valence-electron chi connectivity index (χ2n) is 5.99. The van der Waals surface area contributed by atoms with E-state index >= 15 is 0 Å². The van der Waals surface area contributed by atoms with Crippen LogP contribution in [0.1, 0.15) is 28.9 Å². The molecule has 1 amide bonds. The summed E-state index contributed by atoms with van der Waals surface area (Å²) < 4.78 is 0. The molecule has 1 fully saturated rings. The van der Waals surface area contributed by atoms with Crippen molar-refractivity contribution in [3.63, 3.8) is 0 Å². The first kappa shape index (κ1) is 16.0. The summed E-state index contributed by atoms with van der Waals surface area (Å²) >= 11 is 6.22. The SMILES string of the molecule is O=C(NCC1CCN(Cc2ccccc2Cl)CC1)c1ccn[nH]1. The van der Waals surface area contributed by atoms with Gasteiger partial charge in [0.2, 0.25) is 0 Å². The van der Waals surface area contributed by atoms with Crippen LogP contribution >= 0.6 is 11.6 Å². The van der Waals surface area contributed by atoms with Gasteiger partial charge in [0.05, 0.1) is 0 Å². The van der Waals surface area contributed by atoms with Crippen molar-refractivity contribution in [2.75, 3.05) is 19.6 Å². The average molecular weight is 333 g/mol. The number of H-pyrrole nitrogens is 1. The smallest absolute Gasteiger partial charge is 0.269 e. The Kier molecular flexibility index (Phi) is 5.31. The van der Waals surface area contributed by atoms with E-state index in [0.29, 0.717) is 11.6 Å². The highest BCUT2D eigenvalue weighted by molar-refractivity contribution is 6.31. The van der Waals surface area contributed by atoms with Crippen LogP contribution < -0.4 is 5.32 Å². The van der Waals surface area contributed by atoms with Crippen LogP contribution in [-0.4, -0.2) is 40.6 Å². The number of hydrogen-bond donors (Lipinski definition) is 2. The number of likely N-dealkylation sites (tertiary alicyclic amines) is 1. The number of aromatic amines is 1. The van der Waals surface area contributed by atoms with Gasteiger partial charge >= 0.3 is 0 Å². The van der Waals surface area contributed by atoms with E-state index in [9.17, 15) is 4.79 Å². The zero-order chi connectivity index (χ0) is 16.1. The van der Waals surface area contributed by atoms with Crippen molar-refractivity contribution >= 4 is 17.5 Å². The van der Waals surface area contributed by atoms with E-state index in [-0.39, 0.29) is 5.91 Å². The van der Waals surface area contributed by atoms with Crippen molar-refractivity contribution in [1.82, 2.24) is 20.4 Å². The fourth-order valence-electron chi connectivity index (χ4n) is 2.93. The lowest BCUT2D eigenvalue weighted by Crippen LogP contribution is -2.38. The van der Waals surface area contributed by atoms with Crippen LogP contribution in [0.2, 0.25) is 5.02 Å². The summed E-state index contributed by atoms with van der Waals surface area (Å²) in [7, 11) is 0. The van der Waals surface area contributed by atoms with Crippen molar-refractivity contribution in [3.8, 4) is 0 Å². The molecule has 6 heteroatoms. The van der Waals surface area contributed by atoms with Crippen molar-refractivity contribution in [2.24, 2.45) is 5.92 Å². The highest BCUT2D eigenvalue weighted by Gasteiger charge is 2.20. The topological polar surface area (TPSA) is 61.0 Å². The normalized spacial score (nSPS) is 16.4. The molecule has 3 rings (SSSR count). The van der Waals surface area contributed by atoms with E-state index < -0.39 is 0 Å². The molecule has 1 aliphatic rings. The first-order valence-electron chi connectivity index (χ1n) is 7.95. The lowest BCUT2D eigenvalue weighted by Gasteiger charge is -2.32. The maximum absolute atomic E-state index is 11.9. The number of rotatable bonds is 5. The number of amides is 1. The Morgan fingerprint density at radius 3 is 2.78 bits per heavy atom. The lowest BCUT2D eigenvalue weighted by molar-refractivity contribution is 0.0930. The predicted molar refractivity (Wildman–Crippen MR) is 90.4 cm³/mol. The van der Waals surface area contributed by atoms with Crippen molar-refractivity contribution in [1.29, 1.82) is 0 Å². The molecule has 5 nitrogen and oxygen atoms in total. The first-order valence-corrected chi connectivity index (χ1v) is 8.33. The maximum atomic E-state index is 11.9. The highest BCUT2D eigenvalue weighted by Crippen LogP contribution is 2.21. The summed E-state index contributed by atoms with van der Waals surface area (Å²) in [6.45, 7) is 3.69. The lowest BCUT2D eigenvalue weighted by atomic mass is 9.96. The number of piperidine rings is 1. The third kappa shape index (κ3) is 4.33. The van der Waals surface area contributed by atoms with Crippen molar-refractivity contribution < 1.29 is 4.79 Å². The summed E-state index contributed by atoms with van der Waals surface area (Å²) in [5.41, 5.74) is 1.70. The molecule has 0 aliphatic carbocycles. The molecule has 0 bridgehead atoms. The van der Waals surface area contributed by atoms with Crippen molar-refractivity contribution in [2.45, 2.75) is 19.4 Å². The first-order chi connectivity index (χ1) is 11.2. The summed E-state index contributed by atoms with van der Waals surface area (Å²) in [5, 5.41) is 10.3. The molecule has 2 N–H and O–H groups in total. The molecule has 2 aromatic rings. The standard InChI is InChI=1S/C17H21ClN4O/c18-15-4-2-1-3-14(15)12-22-9-6-13(7-10-22)11-19-17(23)16-5-8-20-21-16/h1-5,8,13H,6-7,9-12H2,(H,19,23)(H,20,21). The molecule has 2 heterocycles. The monoisotopic (exact) mass is 332 g/mol. The van der Waals surface area contributed by atoms with E-state index in [1.54, 1.807) is 12.3 Å². The third-order valence-electron chi connectivity index (χ3n) is 4.36. The van der Waals surface area contributed by atoms with Crippen LogP contribution in [0.15, 0.2) is 36.5 Å². The zero-order valence-corrected chi connectivity index (χ0v) is 13.7. The number of hydrogen-bond acceptors (Lipinski definition) is 3. The van der Waals surface area contributed by atoms with Gasteiger partial charge in [-0.2, -0.15) is 5.10 Å². The van der Waals surface area contributed by atoms with E-state index in [0.717, 1.165) is 44.0 Å². The number of aromatic nitrogens is 2. The number of nitrogens with zero attached hydrogens (tertiary/aromatic N) is 2. The fraction of sp³-hybridized carbons (Fsp3) is 0.412. The summed E-state index contributed by atoms with van der Waals surface area (Å²) in [6, 6.07) is 9.69. The number of nitrogens with one attached hydrogen (secondary N) is 2. The van der Waals surface area contributed by atoms with Gasteiger partial charge in [-0.05, 0) is 49.5 Å². The quantitative estimate of drug-likeness (QED) is 0.885. The number of carbonyl (C=O) groups excluding carboxylic acids is 1. The summed E-state index contributed by atoms with van der Waals surface area (Å²) in [6.07, 6.45) is 3.77. The van der Waals surface area contributed by atoms with Crippen LogP contribution in [0.4, 0.5) is 0 Å². The molecule has 0 radical (unpaired) electrons. The van der Waals surface area contributed by atoms with Gasteiger partial charge in [0, 0.05) is 24.3 Å². The molecule has 0 atom stereocenters. The summed E-state index contributed by atoms with van der Waals surface area (Å²) in [4.78, 5) is 14.3. The second kappa shape index (κ2) is 7.62. The molecule has 122 valence electrons. The van der Waals surface area contributed by atoms with Crippen LogP contribution in [0, 0.1) is 5.92 Å². The zero-order valence-electron chi connectivity index (χ0n) is 13.0. The average Bonchev–Trinajstić information content (AvgIpc) is 3.11. The minimum atomic E-state index is -0.0824. The van der Waals surface area contributed by atoms with Gasteiger partial charge in [0.1, 0.15) is 5.69 Å². The van der Waals surface area contributed by atoms with Crippen LogP contribution in [0.3, 0.4) is 0 Å². The Hall–Kier alpha value is -1.85. The number of halogens is 1. The van der Waals surface area contributed by atoms with Gasteiger partial charge in [0.25, 0.3) is 5.91 Å². The van der Waals surface area contributed by atoms with E-state index in [2.05, 4.69) is 26.5 Å². The number of carbonyl (C=O) groups is 1. The van der Waals surface area contributed by atoms with Gasteiger partial charge in [-0.25, -0.2) is 0 Å². The van der Waals surface area contributed by atoms with E-state index in [1.165, 1.54) is 5.56 Å². The van der Waals surface area contributed by atoms with Crippen molar-refractivity contribution in [3.05, 3.63) is 52.8 Å². The molecule has 1 aliphatic heterocycles. The van der Waals surface area contributed by atoms with Crippen LogP contribution in [0.5, 0.6) is 0 Å². The molecule has 1 aromatic heterocycles. The Labute approximate surface area is 141 Å². The van der Waals surface area contributed by atoms with Crippen LogP contribution in [-0.2, 0) is 6.54 Å². The Bertz CT molecular complexity index is 636. The van der Waals surface area contributed by atoms with E-state index in [4.69, 9.17) is 11.6 Å². The molecule has 23 heavy (non-hydrogen) atoms. The minimum Gasteiger partial charge on any atom is -0.350 e. The molecule has 1 aromatic carbocycles. The molecule has 1 saturated heterocycles. The highest BCUT2D eigenvalue weighted by atomic mass is 35.5.